The maximum Gasteiger partial charge on any atom is 0.494 e. The van der Waals surface area contributed by atoms with Crippen LogP contribution in [-0.2, 0) is 9.31 Å². The molecule has 116 valence electrons. The Labute approximate surface area is 131 Å². The Balaban J connectivity index is 2.05. The van der Waals surface area contributed by atoms with Gasteiger partial charge >= 0.3 is 7.12 Å². The Morgan fingerprint density at radius 2 is 1.59 bits per heavy atom. The van der Waals surface area contributed by atoms with Crippen molar-refractivity contribution in [3.05, 3.63) is 30.3 Å². The molecular weight excluding hydrogens is 277 g/mol. The van der Waals surface area contributed by atoms with Gasteiger partial charge in [-0.1, -0.05) is 24.3 Å². The smallest absolute Gasteiger partial charge is 0.494 e. The Hall–Kier alpha value is -1.72. The predicted molar refractivity (Wildman–Crippen MR) is 90.6 cm³/mol. The summed E-state index contributed by atoms with van der Waals surface area (Å²) in [5.41, 5.74) is 7.09. The highest BCUT2D eigenvalue weighted by Gasteiger charge is 2.51. The molecule has 0 bridgehead atoms. The van der Waals surface area contributed by atoms with Crippen molar-refractivity contribution in [2.45, 2.75) is 38.9 Å². The third-order valence-corrected chi connectivity index (χ3v) is 4.79. The highest BCUT2D eigenvalue weighted by atomic mass is 16.7. The van der Waals surface area contributed by atoms with Gasteiger partial charge in [-0.15, -0.1) is 0 Å². The van der Waals surface area contributed by atoms with Gasteiger partial charge in [0.15, 0.2) is 0 Å². The highest BCUT2D eigenvalue weighted by molar-refractivity contribution is 6.62. The molecule has 1 fully saturated rings. The van der Waals surface area contributed by atoms with Crippen molar-refractivity contribution < 1.29 is 14.0 Å². The molecule has 5 heteroatoms. The summed E-state index contributed by atoms with van der Waals surface area (Å²) in [6.45, 7) is 8.19. The number of anilines is 1. The molecule has 3 rings (SSSR count). The van der Waals surface area contributed by atoms with Gasteiger partial charge in [0, 0.05) is 5.39 Å². The molecule has 4 nitrogen and oxygen atoms in total. The summed E-state index contributed by atoms with van der Waals surface area (Å²) < 4.78 is 17.5. The minimum atomic E-state index is -0.389. The third-order valence-electron chi connectivity index (χ3n) is 4.79. The summed E-state index contributed by atoms with van der Waals surface area (Å²) in [6.07, 6.45) is 0. The Morgan fingerprint density at radius 3 is 2.18 bits per heavy atom. The number of methoxy groups -OCH3 is 1. The van der Waals surface area contributed by atoms with Crippen LogP contribution in [-0.4, -0.2) is 25.4 Å². The van der Waals surface area contributed by atoms with Crippen molar-refractivity contribution in [3.8, 4) is 5.75 Å². The summed E-state index contributed by atoms with van der Waals surface area (Å²) in [5.74, 6) is 0.679. The molecule has 0 saturated carbocycles. The molecule has 1 aliphatic heterocycles. The second kappa shape index (κ2) is 4.90. The van der Waals surface area contributed by atoms with Crippen LogP contribution in [0.3, 0.4) is 0 Å². The van der Waals surface area contributed by atoms with Crippen LogP contribution in [0.5, 0.6) is 5.75 Å². The second-order valence-corrected chi connectivity index (χ2v) is 6.75. The maximum atomic E-state index is 6.20. The van der Waals surface area contributed by atoms with Crippen molar-refractivity contribution in [1.82, 2.24) is 0 Å². The number of fused-ring (bicyclic) bond motifs is 1. The zero-order valence-electron chi connectivity index (χ0n) is 13.8. The van der Waals surface area contributed by atoms with Crippen LogP contribution >= 0.6 is 0 Å². The van der Waals surface area contributed by atoms with E-state index in [1.807, 2.05) is 58.0 Å². The second-order valence-electron chi connectivity index (χ2n) is 6.75. The molecular formula is C17H22BNO3. The van der Waals surface area contributed by atoms with Gasteiger partial charge in [-0.05, 0) is 44.6 Å². The zero-order valence-corrected chi connectivity index (χ0v) is 13.8. The quantitative estimate of drug-likeness (QED) is 0.684. The van der Waals surface area contributed by atoms with Gasteiger partial charge in [-0.2, -0.15) is 0 Å². The van der Waals surface area contributed by atoms with Crippen molar-refractivity contribution in [3.63, 3.8) is 0 Å². The Kier molecular flexibility index (Phi) is 3.38. The molecule has 0 aromatic heterocycles. The molecule has 0 spiro atoms. The number of benzene rings is 2. The number of rotatable bonds is 2. The molecule has 0 aliphatic carbocycles. The largest absolute Gasteiger partial charge is 0.495 e. The van der Waals surface area contributed by atoms with Crippen LogP contribution < -0.4 is 15.9 Å². The van der Waals surface area contributed by atoms with Gasteiger partial charge < -0.3 is 19.8 Å². The number of hydrogen-bond donors (Lipinski definition) is 1. The topological polar surface area (TPSA) is 53.7 Å². The lowest BCUT2D eigenvalue weighted by Gasteiger charge is -2.32. The lowest BCUT2D eigenvalue weighted by Crippen LogP contribution is -2.41. The first-order valence-corrected chi connectivity index (χ1v) is 7.47. The normalized spacial score (nSPS) is 19.6. The van der Waals surface area contributed by atoms with Gasteiger partial charge in [-0.3, -0.25) is 0 Å². The molecule has 22 heavy (non-hydrogen) atoms. The van der Waals surface area contributed by atoms with E-state index < -0.39 is 0 Å². The molecule has 0 unspecified atom stereocenters. The van der Waals surface area contributed by atoms with Crippen molar-refractivity contribution in [2.24, 2.45) is 0 Å². The van der Waals surface area contributed by atoms with Crippen molar-refractivity contribution in [1.29, 1.82) is 0 Å². The van der Waals surface area contributed by atoms with Gasteiger partial charge in [-0.25, -0.2) is 0 Å². The number of ether oxygens (including phenoxy) is 1. The van der Waals surface area contributed by atoms with E-state index in [4.69, 9.17) is 19.8 Å². The summed E-state index contributed by atoms with van der Waals surface area (Å²) in [6, 6.07) is 9.96. The molecule has 1 aliphatic rings. The van der Waals surface area contributed by atoms with E-state index in [1.54, 1.807) is 7.11 Å². The van der Waals surface area contributed by atoms with E-state index >= 15 is 0 Å². The summed E-state index contributed by atoms with van der Waals surface area (Å²) in [7, 11) is 1.23. The Bertz CT molecular complexity index is 711. The molecule has 0 atom stereocenters. The zero-order chi connectivity index (χ0) is 16.1. The molecule has 0 amide bonds. The summed E-state index contributed by atoms with van der Waals surface area (Å²) >= 11 is 0. The fraction of sp³-hybridized carbons (Fsp3) is 0.412. The molecule has 1 heterocycles. The van der Waals surface area contributed by atoms with E-state index in [9.17, 15) is 0 Å². The van der Waals surface area contributed by atoms with Crippen molar-refractivity contribution >= 4 is 29.0 Å². The average molecular weight is 299 g/mol. The van der Waals surface area contributed by atoms with Gasteiger partial charge in [0.1, 0.15) is 5.75 Å². The van der Waals surface area contributed by atoms with Crippen LogP contribution in [0, 0.1) is 0 Å². The molecule has 1 saturated heterocycles. The van der Waals surface area contributed by atoms with Crippen LogP contribution in [0.1, 0.15) is 27.7 Å². The monoisotopic (exact) mass is 299 g/mol. The van der Waals surface area contributed by atoms with E-state index in [0.717, 1.165) is 16.2 Å². The lowest BCUT2D eigenvalue weighted by molar-refractivity contribution is 0.00578. The first-order valence-electron chi connectivity index (χ1n) is 7.47. The minimum Gasteiger partial charge on any atom is -0.495 e. The number of hydrogen-bond acceptors (Lipinski definition) is 4. The average Bonchev–Trinajstić information content (AvgIpc) is 2.68. The molecule has 2 aromatic carbocycles. The minimum absolute atomic E-state index is 0.355. The lowest BCUT2D eigenvalue weighted by atomic mass is 9.78. The molecule has 2 N–H and O–H groups in total. The van der Waals surface area contributed by atoms with Crippen LogP contribution in [0.4, 0.5) is 5.69 Å². The number of nitrogen functional groups attached to an aromatic ring is 1. The molecule has 2 aromatic rings. The molecule has 0 radical (unpaired) electrons. The van der Waals surface area contributed by atoms with Crippen molar-refractivity contribution in [2.75, 3.05) is 12.8 Å². The van der Waals surface area contributed by atoms with E-state index in [1.165, 1.54) is 0 Å². The van der Waals surface area contributed by atoms with Gasteiger partial charge in [0.25, 0.3) is 0 Å². The first-order chi connectivity index (χ1) is 10.2. The van der Waals surface area contributed by atoms with Crippen LogP contribution in [0.25, 0.3) is 10.8 Å². The first kappa shape index (κ1) is 15.2. The SMILES string of the molecule is COc1ccc2ccc(B3OC(C)(C)C(C)(C)O3)cc2c1N. The van der Waals surface area contributed by atoms with E-state index in [2.05, 4.69) is 0 Å². The summed E-state index contributed by atoms with van der Waals surface area (Å²) in [5, 5.41) is 2.02. The fourth-order valence-electron chi connectivity index (χ4n) is 2.64. The number of nitrogens with two attached hydrogens (primary N) is 1. The highest BCUT2D eigenvalue weighted by Crippen LogP contribution is 2.37. The van der Waals surface area contributed by atoms with Gasteiger partial charge in [0.2, 0.25) is 0 Å². The van der Waals surface area contributed by atoms with E-state index in [-0.39, 0.29) is 18.3 Å². The van der Waals surface area contributed by atoms with Crippen LogP contribution in [0.2, 0.25) is 0 Å². The summed E-state index contributed by atoms with van der Waals surface area (Å²) in [4.78, 5) is 0. The van der Waals surface area contributed by atoms with Gasteiger partial charge in [0.05, 0.1) is 24.0 Å². The third kappa shape index (κ3) is 2.25. The Morgan fingerprint density at radius 1 is 1.00 bits per heavy atom. The fourth-order valence-corrected chi connectivity index (χ4v) is 2.64. The standard InChI is InChI=1S/C17H22BNO3/c1-16(2)17(3,4)22-18(21-16)12-8-6-11-7-9-14(20-5)15(19)13(11)10-12/h6-10H,19H2,1-5H3. The predicted octanol–water partition coefficient (Wildman–Crippen LogP) is 2.73. The maximum absolute atomic E-state index is 6.20. The van der Waals surface area contributed by atoms with E-state index in [0.29, 0.717) is 11.4 Å². The van der Waals surface area contributed by atoms with Crippen LogP contribution in [0.15, 0.2) is 30.3 Å².